The number of H-pyrrole nitrogens is 1. The van der Waals surface area contributed by atoms with Crippen LogP contribution >= 0.6 is 11.3 Å². The highest BCUT2D eigenvalue weighted by atomic mass is 32.1. The van der Waals surface area contributed by atoms with Crippen molar-refractivity contribution in [2.24, 2.45) is 0 Å². The van der Waals surface area contributed by atoms with Gasteiger partial charge in [-0.2, -0.15) is 4.98 Å². The van der Waals surface area contributed by atoms with Gasteiger partial charge in [0, 0.05) is 0 Å². The first-order valence-corrected chi connectivity index (χ1v) is 9.58. The molecule has 4 rings (SSSR count). The van der Waals surface area contributed by atoms with Crippen LogP contribution in [0, 0.1) is 0 Å². The Kier molecular flexibility index (Phi) is 4.73. The minimum atomic E-state index is -0.599. The Morgan fingerprint density at radius 3 is 2.86 bits per heavy atom. The fourth-order valence-electron chi connectivity index (χ4n) is 3.27. The molecule has 0 saturated carbocycles. The Morgan fingerprint density at radius 1 is 1.36 bits per heavy atom. The van der Waals surface area contributed by atoms with Crippen molar-refractivity contribution in [2.75, 3.05) is 5.73 Å². The normalized spacial score (nSPS) is 20.3. The second kappa shape index (κ2) is 7.21. The Balaban J connectivity index is 1.52. The number of aromatic amines is 1. The van der Waals surface area contributed by atoms with E-state index in [0.717, 1.165) is 11.3 Å². The Bertz CT molecular complexity index is 1140. The summed E-state index contributed by atoms with van der Waals surface area (Å²) in [6.45, 7) is 1.75. The van der Waals surface area contributed by atoms with E-state index in [-0.39, 0.29) is 27.3 Å². The van der Waals surface area contributed by atoms with Gasteiger partial charge in [0.25, 0.3) is 5.56 Å². The first-order chi connectivity index (χ1) is 13.4. The molecule has 28 heavy (non-hydrogen) atoms. The van der Waals surface area contributed by atoms with E-state index in [1.54, 1.807) is 31.2 Å². The number of anilines is 1. The maximum atomic E-state index is 12.4. The van der Waals surface area contributed by atoms with E-state index < -0.39 is 23.9 Å². The van der Waals surface area contributed by atoms with Crippen molar-refractivity contribution >= 4 is 33.6 Å². The fourth-order valence-corrected chi connectivity index (χ4v) is 4.12. The molecule has 0 bridgehead atoms. The second-order valence-electron chi connectivity index (χ2n) is 6.52. The molecule has 1 aliphatic heterocycles. The van der Waals surface area contributed by atoms with Crippen LogP contribution in [0.5, 0.6) is 0 Å². The largest absolute Gasteiger partial charge is 0.456 e. The molecular formula is C18H18N4O5S. The lowest BCUT2D eigenvalue weighted by Gasteiger charge is -2.21. The zero-order valence-corrected chi connectivity index (χ0v) is 15.8. The standard InChI is InChI=1S/C18H18N4O5S/c1-9(26-16(24)10-5-3-2-4-6-10)11-7-8-12(27-11)22-14-13(28-18(22)25)15(23)21-17(19)20-14/h2-6,9,11-12H,7-8H2,1H3,(H3,19,20,21,23)/t9?,11-,12+/m0/s1. The van der Waals surface area contributed by atoms with Gasteiger partial charge < -0.3 is 15.2 Å². The number of carbonyl (C=O) groups excluding carboxylic acids is 1. The minimum absolute atomic E-state index is 0.0660. The van der Waals surface area contributed by atoms with Crippen molar-refractivity contribution < 1.29 is 14.3 Å². The average molecular weight is 402 g/mol. The molecule has 1 aliphatic rings. The maximum absolute atomic E-state index is 12.4. The Morgan fingerprint density at radius 2 is 2.11 bits per heavy atom. The average Bonchev–Trinajstić information content (AvgIpc) is 3.26. The second-order valence-corrected chi connectivity index (χ2v) is 7.49. The summed E-state index contributed by atoms with van der Waals surface area (Å²) in [5.74, 6) is -0.497. The number of rotatable bonds is 4. The lowest BCUT2D eigenvalue weighted by Crippen LogP contribution is -2.29. The molecule has 2 aromatic heterocycles. The van der Waals surface area contributed by atoms with Crippen LogP contribution in [0.2, 0.25) is 0 Å². The quantitative estimate of drug-likeness (QED) is 0.635. The third-order valence-corrected chi connectivity index (χ3v) is 5.58. The third-order valence-electron chi connectivity index (χ3n) is 4.64. The summed E-state index contributed by atoms with van der Waals surface area (Å²) >= 11 is 0.799. The summed E-state index contributed by atoms with van der Waals surface area (Å²) < 4.78 is 13.0. The van der Waals surface area contributed by atoms with Crippen LogP contribution in [0.3, 0.4) is 0 Å². The molecule has 1 saturated heterocycles. The van der Waals surface area contributed by atoms with Crippen molar-refractivity contribution in [1.29, 1.82) is 0 Å². The van der Waals surface area contributed by atoms with E-state index in [0.29, 0.717) is 18.4 Å². The number of nitrogens with zero attached hydrogens (tertiary/aromatic N) is 2. The van der Waals surface area contributed by atoms with Crippen molar-refractivity contribution in [2.45, 2.75) is 38.2 Å². The van der Waals surface area contributed by atoms with E-state index in [2.05, 4.69) is 9.97 Å². The molecule has 0 radical (unpaired) electrons. The highest BCUT2D eigenvalue weighted by molar-refractivity contribution is 7.16. The van der Waals surface area contributed by atoms with Gasteiger partial charge in [-0.15, -0.1) is 0 Å². The molecule has 3 aromatic rings. The van der Waals surface area contributed by atoms with Gasteiger partial charge in [-0.25, -0.2) is 4.79 Å². The van der Waals surface area contributed by atoms with Crippen LogP contribution in [0.25, 0.3) is 10.3 Å². The van der Waals surface area contributed by atoms with Gasteiger partial charge >= 0.3 is 10.8 Å². The van der Waals surface area contributed by atoms with Crippen molar-refractivity contribution in [3.63, 3.8) is 0 Å². The smallest absolute Gasteiger partial charge is 0.338 e. The van der Waals surface area contributed by atoms with Crippen molar-refractivity contribution in [3.8, 4) is 0 Å². The van der Waals surface area contributed by atoms with Gasteiger partial charge in [0.05, 0.1) is 11.7 Å². The highest BCUT2D eigenvalue weighted by Gasteiger charge is 2.34. The molecule has 0 aliphatic carbocycles. The maximum Gasteiger partial charge on any atom is 0.338 e. The predicted molar refractivity (Wildman–Crippen MR) is 103 cm³/mol. The molecule has 3 atom stereocenters. The summed E-state index contributed by atoms with van der Waals surface area (Å²) in [6, 6.07) is 8.70. The molecule has 1 aromatic carbocycles. The predicted octanol–water partition coefficient (Wildman–Crippen LogP) is 1.65. The van der Waals surface area contributed by atoms with Gasteiger partial charge in [-0.1, -0.05) is 29.5 Å². The number of carbonyl (C=O) groups is 1. The molecular weight excluding hydrogens is 384 g/mol. The molecule has 0 amide bonds. The molecule has 10 heteroatoms. The summed E-state index contributed by atoms with van der Waals surface area (Å²) in [5.41, 5.74) is 5.82. The number of benzene rings is 1. The molecule has 1 unspecified atom stereocenters. The number of thiazole rings is 1. The molecule has 3 N–H and O–H groups in total. The van der Waals surface area contributed by atoms with Gasteiger partial charge in [0.2, 0.25) is 5.95 Å². The van der Waals surface area contributed by atoms with E-state index in [1.807, 2.05) is 6.07 Å². The van der Waals surface area contributed by atoms with E-state index in [9.17, 15) is 14.4 Å². The van der Waals surface area contributed by atoms with E-state index in [4.69, 9.17) is 15.2 Å². The Hall–Kier alpha value is -2.98. The van der Waals surface area contributed by atoms with Gasteiger partial charge in [-0.3, -0.25) is 19.1 Å². The number of hydrogen-bond donors (Lipinski definition) is 2. The van der Waals surface area contributed by atoms with Gasteiger partial charge in [-0.05, 0) is 31.9 Å². The van der Waals surface area contributed by atoms with E-state index in [1.165, 1.54) is 4.57 Å². The van der Waals surface area contributed by atoms with Crippen LogP contribution < -0.4 is 16.2 Å². The number of nitrogens with one attached hydrogen (secondary N) is 1. The first-order valence-electron chi connectivity index (χ1n) is 8.76. The van der Waals surface area contributed by atoms with Crippen molar-refractivity contribution in [1.82, 2.24) is 14.5 Å². The zero-order chi connectivity index (χ0) is 19.8. The number of nitrogen functional groups attached to an aromatic ring is 1. The molecule has 3 heterocycles. The molecule has 0 spiro atoms. The molecule has 1 fully saturated rings. The third kappa shape index (κ3) is 3.32. The van der Waals surface area contributed by atoms with Crippen LogP contribution in [0.1, 0.15) is 36.4 Å². The lowest BCUT2D eigenvalue weighted by atomic mass is 10.1. The number of aromatic nitrogens is 3. The van der Waals surface area contributed by atoms with Crippen LogP contribution in [-0.4, -0.2) is 32.7 Å². The van der Waals surface area contributed by atoms with Crippen molar-refractivity contribution in [3.05, 3.63) is 55.9 Å². The highest BCUT2D eigenvalue weighted by Crippen LogP contribution is 2.32. The van der Waals surface area contributed by atoms with Gasteiger partial charge in [0.15, 0.2) is 5.65 Å². The van der Waals surface area contributed by atoms with Gasteiger partial charge in [0.1, 0.15) is 17.0 Å². The fraction of sp³-hybridized carbons (Fsp3) is 0.333. The summed E-state index contributed by atoms with van der Waals surface area (Å²) in [6.07, 6.45) is -0.356. The SMILES string of the molecule is CC(OC(=O)c1ccccc1)[C@@H]1CC[C@H](n2c(=O)sc3c(=O)[nH]c(N)nc32)O1. The molecule has 146 valence electrons. The number of esters is 1. The number of ether oxygens (including phenoxy) is 2. The summed E-state index contributed by atoms with van der Waals surface area (Å²) in [7, 11) is 0. The zero-order valence-electron chi connectivity index (χ0n) is 15.0. The topological polar surface area (TPSA) is 129 Å². The number of nitrogens with two attached hydrogens (primary N) is 1. The number of hydrogen-bond acceptors (Lipinski definition) is 8. The summed E-state index contributed by atoms with van der Waals surface area (Å²) in [5, 5.41) is 0. The number of fused-ring (bicyclic) bond motifs is 1. The summed E-state index contributed by atoms with van der Waals surface area (Å²) in [4.78, 5) is 42.8. The monoisotopic (exact) mass is 402 g/mol. The van der Waals surface area contributed by atoms with Crippen LogP contribution in [0.4, 0.5) is 5.95 Å². The van der Waals surface area contributed by atoms with Crippen LogP contribution in [-0.2, 0) is 9.47 Å². The molecule has 9 nitrogen and oxygen atoms in total. The minimum Gasteiger partial charge on any atom is -0.456 e. The Labute approximate surface area is 162 Å². The first kappa shape index (κ1) is 18.4. The van der Waals surface area contributed by atoms with E-state index >= 15 is 0 Å². The lowest BCUT2D eigenvalue weighted by molar-refractivity contribution is -0.0623. The van der Waals surface area contributed by atoms with Crippen LogP contribution in [0.15, 0.2) is 39.9 Å².